The molecule has 0 spiro atoms. The van der Waals surface area contributed by atoms with Gasteiger partial charge in [-0.15, -0.1) is 0 Å². The summed E-state index contributed by atoms with van der Waals surface area (Å²) < 4.78 is 5.00. The summed E-state index contributed by atoms with van der Waals surface area (Å²) in [6.07, 6.45) is 3.95. The molecule has 0 N–H and O–H groups in total. The van der Waals surface area contributed by atoms with E-state index in [1.165, 1.54) is 6.92 Å². The van der Waals surface area contributed by atoms with E-state index in [4.69, 9.17) is 4.74 Å². The lowest BCUT2D eigenvalue weighted by molar-refractivity contribution is -0.131. The van der Waals surface area contributed by atoms with Crippen LogP contribution in [0.15, 0.2) is 60.7 Å². The molecule has 0 bridgehead atoms. The fourth-order valence-electron chi connectivity index (χ4n) is 2.17. The van der Waals surface area contributed by atoms with Crippen LogP contribution in [0.1, 0.15) is 18.2 Å². The number of hydrogen-bond donors (Lipinski definition) is 0. The van der Waals surface area contributed by atoms with Gasteiger partial charge < -0.3 is 4.74 Å². The molecule has 1 aromatic heterocycles. The quantitative estimate of drug-likeness (QED) is 0.532. The van der Waals surface area contributed by atoms with Crippen molar-refractivity contribution < 1.29 is 9.53 Å². The van der Waals surface area contributed by atoms with E-state index >= 15 is 0 Å². The maximum absolute atomic E-state index is 10.9. The summed E-state index contributed by atoms with van der Waals surface area (Å²) in [7, 11) is 0. The fourth-order valence-corrected chi connectivity index (χ4v) is 2.17. The van der Waals surface area contributed by atoms with Gasteiger partial charge in [0, 0.05) is 12.3 Å². The summed E-state index contributed by atoms with van der Waals surface area (Å²) in [6, 6.07) is 19.4. The number of rotatable bonds is 3. The summed E-state index contributed by atoms with van der Waals surface area (Å²) >= 11 is 0. The second-order valence-electron chi connectivity index (χ2n) is 4.92. The van der Waals surface area contributed by atoms with Crippen molar-refractivity contribution in [2.75, 3.05) is 0 Å². The highest BCUT2D eigenvalue weighted by molar-refractivity contribution is 5.80. The van der Waals surface area contributed by atoms with Gasteiger partial charge in [0.2, 0.25) is 0 Å². The highest BCUT2D eigenvalue weighted by Crippen LogP contribution is 2.16. The number of carbonyl (C=O) groups excluding carboxylic acids is 1. The smallest absolute Gasteiger partial charge is 0.308 e. The van der Waals surface area contributed by atoms with Gasteiger partial charge >= 0.3 is 5.97 Å². The average Bonchev–Trinajstić information content (AvgIpc) is 2.53. The Morgan fingerprint density at radius 2 is 1.73 bits per heavy atom. The van der Waals surface area contributed by atoms with Crippen molar-refractivity contribution in [3.05, 3.63) is 71.9 Å². The zero-order valence-electron chi connectivity index (χ0n) is 12.2. The van der Waals surface area contributed by atoms with Crippen LogP contribution in [0.4, 0.5) is 0 Å². The van der Waals surface area contributed by atoms with Gasteiger partial charge in [-0.1, -0.05) is 42.5 Å². The van der Waals surface area contributed by atoms with Crippen molar-refractivity contribution in [1.82, 2.24) is 4.98 Å². The Labute approximate surface area is 128 Å². The largest absolute Gasteiger partial charge is 0.427 e. The summed E-state index contributed by atoms with van der Waals surface area (Å²) in [5.41, 5.74) is 2.91. The van der Waals surface area contributed by atoms with E-state index in [-0.39, 0.29) is 5.97 Å². The Morgan fingerprint density at radius 1 is 0.955 bits per heavy atom. The van der Waals surface area contributed by atoms with Gasteiger partial charge in [-0.2, -0.15) is 0 Å². The fraction of sp³-hybridized carbons (Fsp3) is 0.0526. The minimum absolute atomic E-state index is 0.316. The molecule has 0 aliphatic heterocycles. The van der Waals surface area contributed by atoms with Gasteiger partial charge in [0.25, 0.3) is 0 Å². The first-order valence-electron chi connectivity index (χ1n) is 7.03. The molecule has 0 radical (unpaired) electrons. The highest BCUT2D eigenvalue weighted by Gasteiger charge is 1.97. The molecular weight excluding hydrogens is 274 g/mol. The van der Waals surface area contributed by atoms with Gasteiger partial charge in [0.1, 0.15) is 5.75 Å². The number of nitrogens with zero attached hydrogens (tertiary/aromatic N) is 1. The second kappa shape index (κ2) is 6.22. The van der Waals surface area contributed by atoms with Crippen LogP contribution in [0.3, 0.4) is 0 Å². The molecule has 0 atom stereocenters. The lowest BCUT2D eigenvalue weighted by Crippen LogP contribution is -2.00. The van der Waals surface area contributed by atoms with Crippen molar-refractivity contribution in [2.24, 2.45) is 0 Å². The van der Waals surface area contributed by atoms with Crippen molar-refractivity contribution in [1.29, 1.82) is 0 Å². The summed E-state index contributed by atoms with van der Waals surface area (Å²) in [5, 5.41) is 1.13. The first-order valence-corrected chi connectivity index (χ1v) is 7.03. The van der Waals surface area contributed by atoms with E-state index < -0.39 is 0 Å². The zero-order valence-corrected chi connectivity index (χ0v) is 12.2. The molecule has 22 heavy (non-hydrogen) atoms. The van der Waals surface area contributed by atoms with Crippen molar-refractivity contribution in [3.8, 4) is 5.75 Å². The third-order valence-electron chi connectivity index (χ3n) is 3.21. The minimum Gasteiger partial charge on any atom is -0.427 e. The number of para-hydroxylation sites is 1. The molecule has 3 aromatic rings. The number of pyridine rings is 1. The molecule has 0 amide bonds. The van der Waals surface area contributed by atoms with Gasteiger partial charge in [-0.3, -0.25) is 4.79 Å². The number of carbonyl (C=O) groups is 1. The molecule has 0 unspecified atom stereocenters. The van der Waals surface area contributed by atoms with E-state index in [0.29, 0.717) is 5.75 Å². The predicted molar refractivity (Wildman–Crippen MR) is 88.4 cm³/mol. The number of hydrogen-bond acceptors (Lipinski definition) is 3. The van der Waals surface area contributed by atoms with Crippen LogP contribution in [0.25, 0.3) is 23.1 Å². The van der Waals surface area contributed by atoms with Gasteiger partial charge in [0.15, 0.2) is 0 Å². The molecule has 0 saturated heterocycles. The molecule has 2 aromatic carbocycles. The number of benzene rings is 2. The summed E-state index contributed by atoms with van der Waals surface area (Å²) in [4.78, 5) is 15.5. The number of fused-ring (bicyclic) bond motifs is 1. The van der Waals surface area contributed by atoms with Crippen molar-refractivity contribution >= 4 is 29.0 Å². The van der Waals surface area contributed by atoms with E-state index in [0.717, 1.165) is 22.2 Å². The first kappa shape index (κ1) is 14.0. The molecule has 108 valence electrons. The van der Waals surface area contributed by atoms with Crippen LogP contribution in [0.5, 0.6) is 5.75 Å². The van der Waals surface area contributed by atoms with Crippen molar-refractivity contribution in [2.45, 2.75) is 6.92 Å². The first-order chi connectivity index (χ1) is 10.7. The lowest BCUT2D eigenvalue weighted by atomic mass is 10.1. The molecule has 0 saturated carbocycles. The molecule has 3 heteroatoms. The van der Waals surface area contributed by atoms with Crippen LogP contribution < -0.4 is 4.74 Å². The molecule has 0 aliphatic rings. The van der Waals surface area contributed by atoms with E-state index in [9.17, 15) is 4.79 Å². The normalized spacial score (nSPS) is 11.0. The predicted octanol–water partition coefficient (Wildman–Crippen LogP) is 4.33. The third kappa shape index (κ3) is 3.38. The lowest BCUT2D eigenvalue weighted by Gasteiger charge is -2.01. The minimum atomic E-state index is -0.316. The Kier molecular flexibility index (Phi) is 3.97. The molecule has 1 heterocycles. The SMILES string of the molecule is CC(=O)Oc1ccc(C=Cc2ccc3ccccc3n2)cc1. The summed E-state index contributed by atoms with van der Waals surface area (Å²) in [6.45, 7) is 1.39. The highest BCUT2D eigenvalue weighted by atomic mass is 16.5. The number of esters is 1. The van der Waals surface area contributed by atoms with Crippen LogP contribution in [-0.2, 0) is 4.79 Å². The van der Waals surface area contributed by atoms with Crippen LogP contribution in [-0.4, -0.2) is 11.0 Å². The van der Waals surface area contributed by atoms with Gasteiger partial charge in [-0.05, 0) is 35.9 Å². The standard InChI is InChI=1S/C19H15NO2/c1-14(21)22-18-12-7-15(8-13-18)6-10-17-11-9-16-4-2-3-5-19(16)20-17/h2-13H,1H3. The topological polar surface area (TPSA) is 39.2 Å². The van der Waals surface area contributed by atoms with Crippen LogP contribution >= 0.6 is 0 Å². The molecule has 3 nitrogen and oxygen atoms in total. The molecular formula is C19H15NO2. The van der Waals surface area contributed by atoms with Crippen molar-refractivity contribution in [3.63, 3.8) is 0 Å². The molecule has 0 aliphatic carbocycles. The van der Waals surface area contributed by atoms with Crippen LogP contribution in [0.2, 0.25) is 0 Å². The van der Waals surface area contributed by atoms with Crippen LogP contribution in [0, 0.1) is 0 Å². The Balaban J connectivity index is 1.78. The maximum atomic E-state index is 10.9. The summed E-state index contributed by atoms with van der Waals surface area (Å²) in [5.74, 6) is 0.233. The van der Waals surface area contributed by atoms with E-state index in [1.54, 1.807) is 12.1 Å². The Hall–Kier alpha value is -2.94. The van der Waals surface area contributed by atoms with E-state index in [2.05, 4.69) is 11.1 Å². The monoisotopic (exact) mass is 289 g/mol. The Bertz CT molecular complexity index is 835. The Morgan fingerprint density at radius 3 is 2.50 bits per heavy atom. The number of aromatic nitrogens is 1. The van der Waals surface area contributed by atoms with E-state index in [1.807, 2.05) is 54.6 Å². The second-order valence-corrected chi connectivity index (χ2v) is 4.92. The zero-order chi connectivity index (χ0) is 15.4. The maximum Gasteiger partial charge on any atom is 0.308 e. The third-order valence-corrected chi connectivity index (χ3v) is 3.21. The molecule has 0 fully saturated rings. The van der Waals surface area contributed by atoms with Gasteiger partial charge in [-0.25, -0.2) is 4.98 Å². The number of ether oxygens (including phenoxy) is 1. The van der Waals surface area contributed by atoms with Gasteiger partial charge in [0.05, 0.1) is 11.2 Å². The molecule has 3 rings (SSSR count). The average molecular weight is 289 g/mol.